The van der Waals surface area contributed by atoms with Gasteiger partial charge in [-0.1, -0.05) is 72.8 Å². The Kier molecular flexibility index (Phi) is 7.05. The summed E-state index contributed by atoms with van der Waals surface area (Å²) >= 11 is 1.41. The smallest absolute Gasteiger partial charge is 0.359 e. The minimum atomic E-state index is -0.730. The molecule has 0 aliphatic heterocycles. The molecule has 0 saturated carbocycles. The van der Waals surface area contributed by atoms with E-state index in [0.29, 0.717) is 17.1 Å². The maximum absolute atomic E-state index is 12.9. The Hall–Kier alpha value is -4.43. The number of ether oxygens (including phenoxy) is 1. The Balaban J connectivity index is 1.28. The first kappa shape index (κ1) is 23.3. The number of thiazole rings is 1. The van der Waals surface area contributed by atoms with E-state index in [1.165, 1.54) is 23.7 Å². The standard InChI is InChI=1S/C28H22N4O3S/c33-24(31-22(20-11-5-2-6-12-20)17-19-9-3-1-4-10-19)18-35-28(34)26-25(29-15-16-30-26)27-32-21-13-7-8-14-23(21)36-27/h1-16,22H,17-18H2,(H,31,33). The summed E-state index contributed by atoms with van der Waals surface area (Å²) in [5.41, 5.74) is 3.22. The lowest BCUT2D eigenvalue weighted by Crippen LogP contribution is -2.33. The summed E-state index contributed by atoms with van der Waals surface area (Å²) in [7, 11) is 0. The minimum absolute atomic E-state index is 0.0215. The molecule has 2 heterocycles. The zero-order chi connectivity index (χ0) is 24.7. The maximum atomic E-state index is 12.9. The van der Waals surface area contributed by atoms with Crippen molar-refractivity contribution < 1.29 is 14.3 Å². The van der Waals surface area contributed by atoms with Gasteiger partial charge in [0.1, 0.15) is 10.7 Å². The zero-order valence-electron chi connectivity index (χ0n) is 19.2. The SMILES string of the molecule is O=C(COC(=O)c1nccnc1-c1nc2ccccc2s1)NC(Cc1ccccc1)c1ccccc1. The van der Waals surface area contributed by atoms with E-state index in [-0.39, 0.29) is 11.7 Å². The van der Waals surface area contributed by atoms with Crippen LogP contribution in [-0.4, -0.2) is 33.4 Å². The molecule has 1 atom stereocenters. The molecule has 0 spiro atoms. The second kappa shape index (κ2) is 10.9. The van der Waals surface area contributed by atoms with Gasteiger partial charge in [-0.25, -0.2) is 19.7 Å². The van der Waals surface area contributed by atoms with Gasteiger partial charge in [-0.2, -0.15) is 0 Å². The summed E-state index contributed by atoms with van der Waals surface area (Å²) in [6, 6.07) is 27.0. The highest BCUT2D eigenvalue weighted by atomic mass is 32.1. The van der Waals surface area contributed by atoms with E-state index < -0.39 is 18.5 Å². The van der Waals surface area contributed by atoms with Crippen LogP contribution in [0, 0.1) is 0 Å². The Morgan fingerprint density at radius 2 is 1.56 bits per heavy atom. The fourth-order valence-corrected chi connectivity index (χ4v) is 4.80. The summed E-state index contributed by atoms with van der Waals surface area (Å²) in [5, 5.41) is 3.55. The number of nitrogens with one attached hydrogen (secondary N) is 1. The number of amides is 1. The Morgan fingerprint density at radius 1 is 0.861 bits per heavy atom. The third kappa shape index (κ3) is 5.45. The number of aromatic nitrogens is 3. The van der Waals surface area contributed by atoms with Gasteiger partial charge in [0, 0.05) is 12.4 Å². The molecule has 1 amide bonds. The highest BCUT2D eigenvalue weighted by Gasteiger charge is 2.22. The highest BCUT2D eigenvalue weighted by molar-refractivity contribution is 7.21. The third-order valence-corrected chi connectivity index (χ3v) is 6.59. The van der Waals surface area contributed by atoms with Gasteiger partial charge in [0.2, 0.25) is 0 Å². The van der Waals surface area contributed by atoms with Gasteiger partial charge in [0.15, 0.2) is 12.3 Å². The molecule has 0 fully saturated rings. The molecule has 0 saturated heterocycles. The number of benzene rings is 3. The molecule has 1 unspecified atom stereocenters. The molecule has 8 heteroatoms. The summed E-state index contributed by atoms with van der Waals surface area (Å²) in [6.45, 7) is -0.438. The molecule has 7 nitrogen and oxygen atoms in total. The van der Waals surface area contributed by atoms with Crippen molar-refractivity contribution >= 4 is 33.4 Å². The van der Waals surface area contributed by atoms with Gasteiger partial charge >= 0.3 is 5.97 Å². The lowest BCUT2D eigenvalue weighted by molar-refractivity contribution is -0.125. The topological polar surface area (TPSA) is 94.1 Å². The average Bonchev–Trinajstić information content (AvgIpc) is 3.37. The van der Waals surface area contributed by atoms with Gasteiger partial charge in [-0.15, -0.1) is 11.3 Å². The van der Waals surface area contributed by atoms with Crippen molar-refractivity contribution in [2.45, 2.75) is 12.5 Å². The highest BCUT2D eigenvalue weighted by Crippen LogP contribution is 2.30. The van der Waals surface area contributed by atoms with Gasteiger partial charge in [0.25, 0.3) is 5.91 Å². The summed E-state index contributed by atoms with van der Waals surface area (Å²) in [4.78, 5) is 38.7. The first-order valence-corrected chi connectivity index (χ1v) is 12.2. The van der Waals surface area contributed by atoms with Crippen LogP contribution in [0.4, 0.5) is 0 Å². The van der Waals surface area contributed by atoms with E-state index in [2.05, 4.69) is 20.3 Å². The zero-order valence-corrected chi connectivity index (χ0v) is 20.0. The van der Waals surface area contributed by atoms with E-state index in [1.807, 2.05) is 84.9 Å². The van der Waals surface area contributed by atoms with E-state index in [9.17, 15) is 9.59 Å². The van der Waals surface area contributed by atoms with Crippen molar-refractivity contribution in [1.29, 1.82) is 0 Å². The van der Waals surface area contributed by atoms with Crippen LogP contribution in [0.2, 0.25) is 0 Å². The fourth-order valence-electron chi connectivity index (χ4n) is 3.84. The van der Waals surface area contributed by atoms with Crippen LogP contribution in [0.1, 0.15) is 27.7 Å². The number of esters is 1. The number of nitrogens with zero attached hydrogens (tertiary/aromatic N) is 3. The molecule has 5 rings (SSSR count). The van der Waals surface area contributed by atoms with E-state index in [1.54, 1.807) is 0 Å². The van der Waals surface area contributed by atoms with Crippen LogP contribution >= 0.6 is 11.3 Å². The molecule has 2 aromatic heterocycles. The Bertz CT molecular complexity index is 1460. The molecule has 0 aliphatic carbocycles. The van der Waals surface area contributed by atoms with Crippen LogP contribution in [0.25, 0.3) is 20.9 Å². The minimum Gasteiger partial charge on any atom is -0.451 e. The normalized spacial score (nSPS) is 11.7. The molecule has 1 N–H and O–H groups in total. The van der Waals surface area contributed by atoms with Crippen LogP contribution in [0.15, 0.2) is 97.3 Å². The van der Waals surface area contributed by atoms with Crippen LogP contribution in [0.3, 0.4) is 0 Å². The lowest BCUT2D eigenvalue weighted by atomic mass is 9.99. The molecule has 5 aromatic rings. The molecular weight excluding hydrogens is 472 g/mol. The van der Waals surface area contributed by atoms with Crippen molar-refractivity contribution in [3.63, 3.8) is 0 Å². The molecule has 3 aromatic carbocycles. The number of carbonyl (C=O) groups is 2. The summed E-state index contributed by atoms with van der Waals surface area (Å²) in [5.74, 6) is -1.13. The van der Waals surface area contributed by atoms with Crippen molar-refractivity contribution in [1.82, 2.24) is 20.3 Å². The van der Waals surface area contributed by atoms with Crippen LogP contribution in [0.5, 0.6) is 0 Å². The molecule has 0 radical (unpaired) electrons. The molecule has 0 bridgehead atoms. The van der Waals surface area contributed by atoms with Gasteiger partial charge in [-0.3, -0.25) is 4.79 Å². The monoisotopic (exact) mass is 494 g/mol. The number of carbonyl (C=O) groups excluding carboxylic acids is 2. The fraction of sp³-hybridized carbons (Fsp3) is 0.107. The first-order chi connectivity index (χ1) is 17.7. The van der Waals surface area contributed by atoms with Crippen LogP contribution < -0.4 is 5.32 Å². The Labute approximate surface area is 211 Å². The number of hydrogen-bond donors (Lipinski definition) is 1. The average molecular weight is 495 g/mol. The van der Waals surface area contributed by atoms with E-state index in [4.69, 9.17) is 4.74 Å². The van der Waals surface area contributed by atoms with Gasteiger partial charge in [-0.05, 0) is 29.7 Å². The number of hydrogen-bond acceptors (Lipinski definition) is 7. The molecule has 36 heavy (non-hydrogen) atoms. The van der Waals surface area contributed by atoms with Crippen molar-refractivity contribution in [2.75, 3.05) is 6.61 Å². The molecular formula is C28H22N4O3S. The summed E-state index contributed by atoms with van der Waals surface area (Å²) in [6.07, 6.45) is 3.52. The van der Waals surface area contributed by atoms with Crippen molar-refractivity contribution in [2.24, 2.45) is 0 Å². The predicted molar refractivity (Wildman–Crippen MR) is 138 cm³/mol. The first-order valence-electron chi connectivity index (χ1n) is 11.4. The second-order valence-electron chi connectivity index (χ2n) is 8.04. The van der Waals surface area contributed by atoms with Gasteiger partial charge in [0.05, 0.1) is 16.3 Å². The largest absolute Gasteiger partial charge is 0.451 e. The van der Waals surface area contributed by atoms with E-state index >= 15 is 0 Å². The Morgan fingerprint density at radius 3 is 2.33 bits per heavy atom. The second-order valence-corrected chi connectivity index (χ2v) is 9.07. The summed E-state index contributed by atoms with van der Waals surface area (Å²) < 4.78 is 6.31. The van der Waals surface area contributed by atoms with Gasteiger partial charge < -0.3 is 10.1 Å². The maximum Gasteiger partial charge on any atom is 0.359 e. The number of para-hydroxylation sites is 1. The quantitative estimate of drug-likeness (QED) is 0.305. The number of rotatable bonds is 8. The molecule has 178 valence electrons. The van der Waals surface area contributed by atoms with Crippen molar-refractivity contribution in [3.8, 4) is 10.7 Å². The number of fused-ring (bicyclic) bond motifs is 1. The third-order valence-electron chi connectivity index (χ3n) is 5.54. The lowest BCUT2D eigenvalue weighted by Gasteiger charge is -2.19. The predicted octanol–water partition coefficient (Wildman–Crippen LogP) is 5.01. The van der Waals surface area contributed by atoms with E-state index in [0.717, 1.165) is 21.3 Å². The van der Waals surface area contributed by atoms with Crippen LogP contribution in [-0.2, 0) is 16.0 Å². The van der Waals surface area contributed by atoms with Crippen molar-refractivity contribution in [3.05, 3.63) is 114 Å². The molecule has 0 aliphatic rings.